The van der Waals surface area contributed by atoms with E-state index in [2.05, 4.69) is 60.5 Å². The zero-order valence-electron chi connectivity index (χ0n) is 17.3. The van der Waals surface area contributed by atoms with Gasteiger partial charge in [0.05, 0.1) is 13.7 Å². The molecule has 0 atom stereocenters. The lowest BCUT2D eigenvalue weighted by Gasteiger charge is -2.21. The largest absolute Gasteiger partial charge is 0.497 e. The number of nitrogens with one attached hydrogen (secondary N) is 1. The number of hydrogen-bond acceptors (Lipinski definition) is 3. The van der Waals surface area contributed by atoms with Crippen LogP contribution in [0.1, 0.15) is 49.3 Å². The predicted octanol–water partition coefficient (Wildman–Crippen LogP) is 4.14. The summed E-state index contributed by atoms with van der Waals surface area (Å²) in [6, 6.07) is 17.4. The summed E-state index contributed by atoms with van der Waals surface area (Å²) < 4.78 is 5.22. The second kappa shape index (κ2) is 9.74. The molecule has 0 unspecified atom stereocenters. The third kappa shape index (κ3) is 6.10. The summed E-state index contributed by atoms with van der Waals surface area (Å²) in [5.41, 5.74) is 3.83. The van der Waals surface area contributed by atoms with E-state index in [0.717, 1.165) is 18.7 Å². The lowest BCUT2D eigenvalue weighted by molar-refractivity contribution is -0.122. The monoisotopic (exact) mass is 380 g/mol. The summed E-state index contributed by atoms with van der Waals surface area (Å²) in [5.74, 6) is 1.52. The van der Waals surface area contributed by atoms with Crippen LogP contribution in [0.15, 0.2) is 48.5 Å². The summed E-state index contributed by atoms with van der Waals surface area (Å²) in [6.07, 6.45) is 3.24. The van der Waals surface area contributed by atoms with Crippen LogP contribution >= 0.6 is 0 Å². The van der Waals surface area contributed by atoms with Crippen molar-refractivity contribution in [1.29, 1.82) is 0 Å². The van der Waals surface area contributed by atoms with Crippen molar-refractivity contribution in [2.45, 2.75) is 51.6 Å². The molecule has 1 fully saturated rings. The molecule has 0 radical (unpaired) electrons. The number of methoxy groups -OCH3 is 1. The number of amides is 1. The van der Waals surface area contributed by atoms with Crippen molar-refractivity contribution < 1.29 is 9.53 Å². The fraction of sp³-hybridized carbons (Fsp3) is 0.458. The summed E-state index contributed by atoms with van der Waals surface area (Å²) in [7, 11) is 1.68. The highest BCUT2D eigenvalue weighted by molar-refractivity contribution is 5.78. The average molecular weight is 381 g/mol. The molecule has 3 rings (SSSR count). The van der Waals surface area contributed by atoms with Crippen LogP contribution in [0.5, 0.6) is 5.75 Å². The van der Waals surface area contributed by atoms with Crippen molar-refractivity contribution in [3.63, 3.8) is 0 Å². The molecule has 1 saturated carbocycles. The first-order valence-corrected chi connectivity index (χ1v) is 10.3. The maximum atomic E-state index is 12.4. The summed E-state index contributed by atoms with van der Waals surface area (Å²) >= 11 is 0. The highest BCUT2D eigenvalue weighted by Crippen LogP contribution is 2.28. The maximum absolute atomic E-state index is 12.4. The molecular weight excluding hydrogens is 348 g/mol. The number of rotatable bonds is 10. The van der Waals surface area contributed by atoms with Gasteiger partial charge in [0, 0.05) is 19.1 Å². The lowest BCUT2D eigenvalue weighted by atomic mass is 10.0. The van der Waals surface area contributed by atoms with Crippen molar-refractivity contribution in [3.8, 4) is 5.75 Å². The van der Waals surface area contributed by atoms with Crippen molar-refractivity contribution >= 4 is 5.91 Å². The Bertz CT molecular complexity index is 749. The Balaban J connectivity index is 1.45. The van der Waals surface area contributed by atoms with Crippen LogP contribution in [-0.2, 0) is 17.8 Å². The predicted molar refractivity (Wildman–Crippen MR) is 114 cm³/mol. The molecule has 28 heavy (non-hydrogen) atoms. The minimum Gasteiger partial charge on any atom is -0.497 e. The first-order valence-electron chi connectivity index (χ1n) is 10.3. The molecule has 0 aromatic heterocycles. The van der Waals surface area contributed by atoms with E-state index in [4.69, 9.17) is 4.74 Å². The van der Waals surface area contributed by atoms with Gasteiger partial charge in [0.15, 0.2) is 0 Å². The van der Waals surface area contributed by atoms with Crippen LogP contribution in [0.3, 0.4) is 0 Å². The van der Waals surface area contributed by atoms with Gasteiger partial charge in [-0.05, 0) is 54.0 Å². The highest BCUT2D eigenvalue weighted by Gasteiger charge is 2.30. The molecule has 1 N–H and O–H groups in total. The van der Waals surface area contributed by atoms with Gasteiger partial charge in [-0.2, -0.15) is 0 Å². The average Bonchev–Trinajstić information content (AvgIpc) is 3.54. The third-order valence-electron chi connectivity index (χ3n) is 5.34. The van der Waals surface area contributed by atoms with Crippen molar-refractivity contribution in [2.75, 3.05) is 20.2 Å². The van der Waals surface area contributed by atoms with E-state index in [1.165, 1.54) is 29.5 Å². The Morgan fingerprint density at radius 1 is 1.07 bits per heavy atom. The smallest absolute Gasteiger partial charge is 0.234 e. The van der Waals surface area contributed by atoms with E-state index in [1.807, 2.05) is 12.1 Å². The summed E-state index contributed by atoms with van der Waals surface area (Å²) in [6.45, 7) is 6.35. The number of hydrogen-bond donors (Lipinski definition) is 1. The van der Waals surface area contributed by atoms with Crippen LogP contribution in [0.25, 0.3) is 0 Å². The van der Waals surface area contributed by atoms with E-state index < -0.39 is 0 Å². The van der Waals surface area contributed by atoms with E-state index in [-0.39, 0.29) is 5.91 Å². The highest BCUT2D eigenvalue weighted by atomic mass is 16.5. The Kier molecular flexibility index (Phi) is 7.10. The van der Waals surface area contributed by atoms with Gasteiger partial charge in [-0.1, -0.05) is 50.2 Å². The standard InChI is InChI=1S/C24H32N2O2/c1-18(2)21-8-4-19(5-9-21)14-15-25-24(27)17-26(22-10-11-22)16-20-6-12-23(28-3)13-7-20/h4-9,12-13,18,22H,10-11,14-17H2,1-3H3,(H,25,27). The number of carbonyl (C=O) groups excluding carboxylic acids is 1. The second-order valence-corrected chi connectivity index (χ2v) is 7.98. The molecule has 1 amide bonds. The fourth-order valence-electron chi connectivity index (χ4n) is 3.38. The van der Waals surface area contributed by atoms with Crippen LogP contribution < -0.4 is 10.1 Å². The van der Waals surface area contributed by atoms with Gasteiger partial charge < -0.3 is 10.1 Å². The van der Waals surface area contributed by atoms with Gasteiger partial charge in [0.1, 0.15) is 5.75 Å². The molecule has 0 bridgehead atoms. The second-order valence-electron chi connectivity index (χ2n) is 7.98. The number of carbonyl (C=O) groups is 1. The molecule has 150 valence electrons. The number of benzene rings is 2. The molecule has 4 nitrogen and oxygen atoms in total. The van der Waals surface area contributed by atoms with Gasteiger partial charge in [0.25, 0.3) is 0 Å². The van der Waals surface area contributed by atoms with Gasteiger partial charge in [-0.15, -0.1) is 0 Å². The molecule has 0 heterocycles. The molecule has 0 saturated heterocycles. The molecule has 2 aromatic rings. The first-order chi connectivity index (χ1) is 13.5. The first kappa shape index (κ1) is 20.4. The van der Waals surface area contributed by atoms with E-state index in [9.17, 15) is 4.79 Å². The maximum Gasteiger partial charge on any atom is 0.234 e. The molecule has 0 spiro atoms. The van der Waals surface area contributed by atoms with Gasteiger partial charge in [-0.3, -0.25) is 9.69 Å². The SMILES string of the molecule is COc1ccc(CN(CC(=O)NCCc2ccc(C(C)C)cc2)C2CC2)cc1. The Labute approximate surface area is 168 Å². The molecular formula is C24H32N2O2. The molecule has 0 aliphatic heterocycles. The Morgan fingerprint density at radius 3 is 2.29 bits per heavy atom. The fourth-order valence-corrected chi connectivity index (χ4v) is 3.38. The van der Waals surface area contributed by atoms with Crippen LogP contribution in [0, 0.1) is 0 Å². The molecule has 1 aliphatic carbocycles. The molecule has 2 aromatic carbocycles. The topological polar surface area (TPSA) is 41.6 Å². The van der Waals surface area contributed by atoms with Crippen molar-refractivity contribution in [1.82, 2.24) is 10.2 Å². The van der Waals surface area contributed by atoms with Crippen LogP contribution in [0.4, 0.5) is 0 Å². The van der Waals surface area contributed by atoms with Crippen molar-refractivity contribution in [3.05, 3.63) is 65.2 Å². The zero-order valence-corrected chi connectivity index (χ0v) is 17.3. The molecule has 4 heteroatoms. The van der Waals surface area contributed by atoms with E-state index >= 15 is 0 Å². The van der Waals surface area contributed by atoms with Crippen LogP contribution in [0.2, 0.25) is 0 Å². The minimum absolute atomic E-state index is 0.110. The summed E-state index contributed by atoms with van der Waals surface area (Å²) in [4.78, 5) is 14.7. The van der Waals surface area contributed by atoms with Gasteiger partial charge >= 0.3 is 0 Å². The van der Waals surface area contributed by atoms with Gasteiger partial charge in [0.2, 0.25) is 5.91 Å². The van der Waals surface area contributed by atoms with Gasteiger partial charge in [-0.25, -0.2) is 0 Å². The van der Waals surface area contributed by atoms with E-state index in [1.54, 1.807) is 7.11 Å². The quantitative estimate of drug-likeness (QED) is 0.673. The Morgan fingerprint density at radius 2 is 1.71 bits per heavy atom. The zero-order chi connectivity index (χ0) is 19.9. The van der Waals surface area contributed by atoms with Crippen molar-refractivity contribution in [2.24, 2.45) is 0 Å². The normalized spacial score (nSPS) is 13.8. The Hall–Kier alpha value is -2.33. The molecule has 1 aliphatic rings. The lowest BCUT2D eigenvalue weighted by Crippen LogP contribution is -2.38. The van der Waals surface area contributed by atoms with Crippen LogP contribution in [-0.4, -0.2) is 37.0 Å². The summed E-state index contributed by atoms with van der Waals surface area (Å²) in [5, 5.41) is 3.09. The van der Waals surface area contributed by atoms with E-state index in [0.29, 0.717) is 25.0 Å². The third-order valence-corrected chi connectivity index (χ3v) is 5.34. The number of nitrogens with zero attached hydrogens (tertiary/aromatic N) is 1. The number of ether oxygens (including phenoxy) is 1. The minimum atomic E-state index is 0.110.